The molecule has 1 aromatic carbocycles. The SMILES string of the molecule is COCCOCCOCCOCCOCCOCCOC(=O)N1CCC(Cn2c(C)c(C(=O)NCc3c(OC)cc(C)[nH]c3=O)c3ccccc32)CC1. The third kappa shape index (κ3) is 13.1. The van der Waals surface area contributed by atoms with E-state index in [9.17, 15) is 14.4 Å². The number of ether oxygens (including phenoxy) is 8. The molecule has 15 nitrogen and oxygen atoms in total. The van der Waals surface area contributed by atoms with Gasteiger partial charge in [0.05, 0.1) is 97.5 Å². The van der Waals surface area contributed by atoms with Gasteiger partial charge in [-0.25, -0.2) is 4.79 Å². The summed E-state index contributed by atoms with van der Waals surface area (Å²) in [5.41, 5.74) is 3.16. The molecule has 3 aromatic rings. The summed E-state index contributed by atoms with van der Waals surface area (Å²) in [5.74, 6) is 0.495. The highest BCUT2D eigenvalue weighted by atomic mass is 16.6. The summed E-state index contributed by atoms with van der Waals surface area (Å²) in [6.45, 7) is 11.1. The van der Waals surface area contributed by atoms with Crippen LogP contribution in [-0.4, -0.2) is 133 Å². The molecule has 294 valence electrons. The number of methoxy groups -OCH3 is 2. The van der Waals surface area contributed by atoms with Crippen LogP contribution < -0.4 is 15.6 Å². The molecule has 1 fully saturated rings. The number of carbonyl (C=O) groups excluding carboxylic acids is 2. The number of hydrogen-bond donors (Lipinski definition) is 2. The molecule has 0 unspecified atom stereocenters. The molecule has 1 aliphatic heterocycles. The van der Waals surface area contributed by atoms with E-state index >= 15 is 0 Å². The van der Waals surface area contributed by atoms with E-state index in [0.29, 0.717) is 114 Å². The lowest BCUT2D eigenvalue weighted by molar-refractivity contribution is -0.0176. The van der Waals surface area contributed by atoms with Crippen molar-refractivity contribution in [3.05, 3.63) is 63.2 Å². The van der Waals surface area contributed by atoms with Gasteiger partial charge in [0.25, 0.3) is 11.5 Å². The Kier molecular flexibility index (Phi) is 18.1. The van der Waals surface area contributed by atoms with Crippen molar-refractivity contribution in [3.63, 3.8) is 0 Å². The van der Waals surface area contributed by atoms with Gasteiger partial charge in [0, 0.05) is 49.0 Å². The third-order valence-electron chi connectivity index (χ3n) is 9.02. The number of hydrogen-bond acceptors (Lipinski definition) is 11. The highest BCUT2D eigenvalue weighted by Gasteiger charge is 2.27. The van der Waals surface area contributed by atoms with Gasteiger partial charge in [-0.1, -0.05) is 18.2 Å². The quantitative estimate of drug-likeness (QED) is 0.129. The van der Waals surface area contributed by atoms with Crippen LogP contribution in [0.4, 0.5) is 4.79 Å². The van der Waals surface area contributed by atoms with Crippen LogP contribution in [0.25, 0.3) is 10.9 Å². The smallest absolute Gasteiger partial charge is 0.409 e. The Bertz CT molecular complexity index is 1620. The maximum absolute atomic E-state index is 13.6. The van der Waals surface area contributed by atoms with Gasteiger partial charge >= 0.3 is 6.09 Å². The fraction of sp³-hybridized carbons (Fsp3) is 0.605. The minimum atomic E-state index is -0.339. The van der Waals surface area contributed by atoms with Crippen LogP contribution in [0.3, 0.4) is 0 Å². The number of H-pyrrole nitrogens is 1. The Hall–Kier alpha value is -3.99. The van der Waals surface area contributed by atoms with Gasteiger partial charge < -0.3 is 57.7 Å². The molecule has 15 heteroatoms. The van der Waals surface area contributed by atoms with Crippen LogP contribution in [0.5, 0.6) is 5.75 Å². The first-order valence-electron chi connectivity index (χ1n) is 18.3. The van der Waals surface area contributed by atoms with Crippen molar-refractivity contribution >= 4 is 22.9 Å². The first-order valence-corrected chi connectivity index (χ1v) is 18.3. The third-order valence-corrected chi connectivity index (χ3v) is 9.02. The van der Waals surface area contributed by atoms with Crippen LogP contribution in [0.2, 0.25) is 0 Å². The summed E-state index contributed by atoms with van der Waals surface area (Å²) in [7, 11) is 3.14. The first-order chi connectivity index (χ1) is 25.8. The molecule has 0 atom stereocenters. The van der Waals surface area contributed by atoms with Gasteiger partial charge in [-0.3, -0.25) is 9.59 Å². The molecule has 0 aliphatic carbocycles. The summed E-state index contributed by atoms with van der Waals surface area (Å²) >= 11 is 0. The van der Waals surface area contributed by atoms with Crippen molar-refractivity contribution in [2.45, 2.75) is 39.8 Å². The predicted molar refractivity (Wildman–Crippen MR) is 198 cm³/mol. The molecule has 0 saturated carbocycles. The van der Waals surface area contributed by atoms with Crippen LogP contribution in [0.1, 0.15) is 40.2 Å². The number of aromatic amines is 1. The molecular weight excluding hydrogens is 688 g/mol. The van der Waals surface area contributed by atoms with Gasteiger partial charge in [-0.15, -0.1) is 0 Å². The van der Waals surface area contributed by atoms with Gasteiger partial charge in [-0.05, 0) is 44.7 Å². The number of nitrogens with zero attached hydrogens (tertiary/aromatic N) is 2. The van der Waals surface area contributed by atoms with Crippen molar-refractivity contribution in [3.8, 4) is 5.75 Å². The van der Waals surface area contributed by atoms with E-state index in [2.05, 4.69) is 14.9 Å². The fourth-order valence-corrected chi connectivity index (χ4v) is 6.21. The van der Waals surface area contributed by atoms with E-state index in [1.165, 1.54) is 7.11 Å². The van der Waals surface area contributed by atoms with E-state index in [1.807, 2.05) is 31.2 Å². The summed E-state index contributed by atoms with van der Waals surface area (Å²) in [4.78, 5) is 43.3. The fourth-order valence-electron chi connectivity index (χ4n) is 6.21. The van der Waals surface area contributed by atoms with Crippen molar-refractivity contribution < 1.29 is 47.5 Å². The Balaban J connectivity index is 1.10. The maximum atomic E-state index is 13.6. The number of pyridine rings is 1. The zero-order valence-electron chi connectivity index (χ0n) is 31.6. The van der Waals surface area contributed by atoms with Crippen LogP contribution in [0.15, 0.2) is 35.1 Å². The number of aryl methyl sites for hydroxylation is 1. The lowest BCUT2D eigenvalue weighted by atomic mass is 9.97. The number of aromatic nitrogens is 2. The minimum Gasteiger partial charge on any atom is -0.496 e. The van der Waals surface area contributed by atoms with Crippen LogP contribution in [0, 0.1) is 19.8 Å². The van der Waals surface area contributed by atoms with E-state index in [1.54, 1.807) is 25.0 Å². The summed E-state index contributed by atoms with van der Waals surface area (Å²) in [6, 6.07) is 9.59. The maximum Gasteiger partial charge on any atom is 0.409 e. The Labute approximate surface area is 311 Å². The largest absolute Gasteiger partial charge is 0.496 e. The number of piperidine rings is 1. The van der Waals surface area contributed by atoms with E-state index in [-0.39, 0.29) is 30.7 Å². The molecule has 0 spiro atoms. The van der Waals surface area contributed by atoms with Crippen LogP contribution >= 0.6 is 0 Å². The Morgan fingerprint density at radius 3 is 1.96 bits per heavy atom. The molecule has 0 radical (unpaired) electrons. The van der Waals surface area contributed by atoms with Crippen molar-refractivity contribution in [1.82, 2.24) is 19.8 Å². The molecule has 4 rings (SSSR count). The normalized spacial score (nSPS) is 13.5. The molecule has 2 aromatic heterocycles. The van der Waals surface area contributed by atoms with Gasteiger partial charge in [-0.2, -0.15) is 0 Å². The lowest BCUT2D eigenvalue weighted by Gasteiger charge is -2.32. The molecule has 53 heavy (non-hydrogen) atoms. The van der Waals surface area contributed by atoms with Crippen molar-refractivity contribution in [1.29, 1.82) is 0 Å². The van der Waals surface area contributed by atoms with Gasteiger partial charge in [0.15, 0.2) is 0 Å². The Morgan fingerprint density at radius 2 is 1.38 bits per heavy atom. The lowest BCUT2D eigenvalue weighted by Crippen LogP contribution is -2.40. The summed E-state index contributed by atoms with van der Waals surface area (Å²) in [6.07, 6.45) is 1.29. The van der Waals surface area contributed by atoms with Gasteiger partial charge in [0.2, 0.25) is 0 Å². The first kappa shape index (κ1) is 41.8. The summed E-state index contributed by atoms with van der Waals surface area (Å²) < 4.78 is 45.2. The zero-order chi connectivity index (χ0) is 37.8. The monoisotopic (exact) mass is 744 g/mol. The molecular formula is C38H56N4O11. The Morgan fingerprint density at radius 1 is 0.811 bits per heavy atom. The number of benzene rings is 1. The minimum absolute atomic E-state index is 0.0348. The topological polar surface area (TPSA) is 161 Å². The highest BCUT2D eigenvalue weighted by molar-refractivity contribution is 6.08. The molecule has 0 bridgehead atoms. The summed E-state index contributed by atoms with van der Waals surface area (Å²) in [5, 5.41) is 3.78. The average Bonchev–Trinajstić information content (AvgIpc) is 3.44. The standard InChI is InChI=1S/C38H56N4O11/c1-28-25-34(47-4)32(36(43)40-28)26-39-37(44)35-29(2)42(33-8-6-5-7-31(33)35)27-30-9-11-41(12-10-30)38(45)53-24-23-52-22-21-51-20-19-50-18-17-49-16-15-48-14-13-46-3/h5-8,25,30H,9-24,26-27H2,1-4H3,(H,39,44)(H,40,43). The second kappa shape index (κ2) is 22.9. The second-order valence-electron chi connectivity index (χ2n) is 12.7. The van der Waals surface area contributed by atoms with E-state index < -0.39 is 0 Å². The van der Waals surface area contributed by atoms with Crippen molar-refractivity contribution in [2.75, 3.05) is 107 Å². The molecule has 3 heterocycles. The van der Waals surface area contributed by atoms with Crippen molar-refractivity contribution in [2.24, 2.45) is 5.92 Å². The number of para-hydroxylation sites is 1. The van der Waals surface area contributed by atoms with E-state index in [0.717, 1.165) is 36.0 Å². The molecule has 1 saturated heterocycles. The molecule has 2 amide bonds. The van der Waals surface area contributed by atoms with Gasteiger partial charge in [0.1, 0.15) is 12.4 Å². The van der Waals surface area contributed by atoms with E-state index in [4.69, 9.17) is 37.9 Å². The zero-order valence-corrected chi connectivity index (χ0v) is 31.6. The highest BCUT2D eigenvalue weighted by Crippen LogP contribution is 2.29. The van der Waals surface area contributed by atoms with Crippen LogP contribution in [-0.2, 0) is 46.2 Å². The number of carbonyl (C=O) groups is 2. The number of rotatable bonds is 24. The number of amides is 2. The number of likely N-dealkylation sites (tertiary alicyclic amines) is 1. The molecule has 1 aliphatic rings. The predicted octanol–water partition coefficient (Wildman–Crippen LogP) is 3.46. The average molecular weight is 745 g/mol. The second-order valence-corrected chi connectivity index (χ2v) is 12.7. The number of nitrogens with one attached hydrogen (secondary N) is 2. The number of fused-ring (bicyclic) bond motifs is 1. The molecule has 2 N–H and O–H groups in total.